The van der Waals surface area contributed by atoms with E-state index in [1.807, 2.05) is 6.07 Å². The van der Waals surface area contributed by atoms with Crippen molar-refractivity contribution in [2.24, 2.45) is 0 Å². The van der Waals surface area contributed by atoms with Crippen molar-refractivity contribution in [1.82, 2.24) is 5.32 Å². The van der Waals surface area contributed by atoms with Crippen molar-refractivity contribution in [3.05, 3.63) is 57.8 Å². The Balaban J connectivity index is 2.16. The molecular formula is C14H10N2O3S. The summed E-state index contributed by atoms with van der Waals surface area (Å²) in [4.78, 5) is 23.8. The number of nitrogens with one attached hydrogen (secondary N) is 1. The van der Waals surface area contributed by atoms with E-state index in [1.165, 1.54) is 35.6 Å². The van der Waals surface area contributed by atoms with E-state index in [2.05, 4.69) is 5.32 Å². The second kappa shape index (κ2) is 5.99. The minimum atomic E-state index is -1.12. The van der Waals surface area contributed by atoms with Gasteiger partial charge in [0.1, 0.15) is 0 Å². The van der Waals surface area contributed by atoms with Gasteiger partial charge in [-0.2, -0.15) is 5.26 Å². The predicted octanol–water partition coefficient (Wildman–Crippen LogP) is 2.18. The van der Waals surface area contributed by atoms with E-state index < -0.39 is 17.9 Å². The minimum absolute atomic E-state index is 0.312. The Labute approximate surface area is 119 Å². The Morgan fingerprint density at radius 1 is 1.25 bits per heavy atom. The van der Waals surface area contributed by atoms with Crippen LogP contribution in [-0.4, -0.2) is 17.0 Å². The van der Waals surface area contributed by atoms with E-state index in [0.717, 1.165) is 0 Å². The van der Waals surface area contributed by atoms with Crippen LogP contribution in [0.15, 0.2) is 41.8 Å². The lowest BCUT2D eigenvalue weighted by Crippen LogP contribution is -2.33. The smallest absolute Gasteiger partial charge is 0.331 e. The zero-order valence-electron chi connectivity index (χ0n) is 10.2. The summed E-state index contributed by atoms with van der Waals surface area (Å²) in [5.41, 5.74) is 0.751. The van der Waals surface area contributed by atoms with Gasteiger partial charge in [0, 0.05) is 10.4 Å². The maximum Gasteiger partial charge on any atom is 0.331 e. The highest BCUT2D eigenvalue weighted by molar-refractivity contribution is 7.10. The van der Waals surface area contributed by atoms with E-state index in [0.29, 0.717) is 16.0 Å². The van der Waals surface area contributed by atoms with Gasteiger partial charge >= 0.3 is 5.97 Å². The van der Waals surface area contributed by atoms with E-state index in [9.17, 15) is 14.7 Å². The molecular weight excluding hydrogens is 276 g/mol. The van der Waals surface area contributed by atoms with Crippen molar-refractivity contribution >= 4 is 23.2 Å². The lowest BCUT2D eigenvalue weighted by molar-refractivity contribution is -0.139. The van der Waals surface area contributed by atoms with Crippen LogP contribution in [-0.2, 0) is 4.79 Å². The number of benzene rings is 1. The molecule has 1 aromatic heterocycles. The Morgan fingerprint density at radius 3 is 2.45 bits per heavy atom. The third kappa shape index (κ3) is 3.02. The van der Waals surface area contributed by atoms with Crippen molar-refractivity contribution in [2.75, 3.05) is 0 Å². The molecule has 1 unspecified atom stereocenters. The number of carboxylic acids is 1. The summed E-state index contributed by atoms with van der Waals surface area (Å²) in [6.45, 7) is 0. The van der Waals surface area contributed by atoms with Gasteiger partial charge in [-0.25, -0.2) is 4.79 Å². The van der Waals surface area contributed by atoms with Crippen LogP contribution in [0.4, 0.5) is 0 Å². The van der Waals surface area contributed by atoms with Gasteiger partial charge < -0.3 is 10.4 Å². The van der Waals surface area contributed by atoms with Crippen LogP contribution in [0.1, 0.15) is 26.8 Å². The first-order valence-electron chi connectivity index (χ1n) is 5.69. The van der Waals surface area contributed by atoms with Gasteiger partial charge in [-0.05, 0) is 35.7 Å². The van der Waals surface area contributed by atoms with Crippen LogP contribution in [0.3, 0.4) is 0 Å². The Hall–Kier alpha value is -2.65. The van der Waals surface area contributed by atoms with Gasteiger partial charge in [-0.15, -0.1) is 11.3 Å². The van der Waals surface area contributed by atoms with Crippen LogP contribution < -0.4 is 5.32 Å². The largest absolute Gasteiger partial charge is 0.479 e. The van der Waals surface area contributed by atoms with Gasteiger partial charge in [0.15, 0.2) is 6.04 Å². The van der Waals surface area contributed by atoms with E-state index in [4.69, 9.17) is 5.26 Å². The first kappa shape index (κ1) is 13.8. The van der Waals surface area contributed by atoms with E-state index >= 15 is 0 Å². The number of nitriles is 1. The number of aliphatic carboxylic acids is 1. The average Bonchev–Trinajstić information content (AvgIpc) is 2.98. The van der Waals surface area contributed by atoms with Gasteiger partial charge in [0.25, 0.3) is 5.91 Å². The quantitative estimate of drug-likeness (QED) is 0.901. The molecule has 0 saturated carbocycles. The zero-order chi connectivity index (χ0) is 14.5. The molecule has 1 atom stereocenters. The van der Waals surface area contributed by atoms with Gasteiger partial charge in [0.05, 0.1) is 11.6 Å². The molecule has 1 heterocycles. The predicted molar refractivity (Wildman–Crippen MR) is 73.3 cm³/mol. The molecule has 1 aromatic carbocycles. The summed E-state index contributed by atoms with van der Waals surface area (Å²) in [5.74, 6) is -1.61. The van der Waals surface area contributed by atoms with Gasteiger partial charge in [-0.3, -0.25) is 4.79 Å². The lowest BCUT2D eigenvalue weighted by Gasteiger charge is -2.12. The molecule has 1 amide bonds. The number of amides is 1. The Bertz CT molecular complexity index is 657. The molecule has 0 fully saturated rings. The normalized spacial score (nSPS) is 11.3. The second-order valence-corrected chi connectivity index (χ2v) is 4.93. The molecule has 0 bridgehead atoms. The molecule has 2 aromatic rings. The standard InChI is InChI=1S/C14H10N2O3S/c15-8-9-3-5-10(6-4-9)13(17)16-12(14(18)19)11-2-1-7-20-11/h1-7,12H,(H,16,17)(H,18,19). The summed E-state index contributed by atoms with van der Waals surface area (Å²) < 4.78 is 0. The number of hydrogen-bond acceptors (Lipinski definition) is 4. The number of carbonyl (C=O) groups excluding carboxylic acids is 1. The van der Waals surface area contributed by atoms with Crippen molar-refractivity contribution in [3.8, 4) is 6.07 Å². The third-order valence-electron chi connectivity index (χ3n) is 2.63. The lowest BCUT2D eigenvalue weighted by atomic mass is 10.1. The molecule has 0 aliphatic carbocycles. The first-order chi connectivity index (χ1) is 9.61. The van der Waals surface area contributed by atoms with E-state index in [1.54, 1.807) is 17.5 Å². The topological polar surface area (TPSA) is 90.2 Å². The SMILES string of the molecule is N#Cc1ccc(C(=O)NC(C(=O)O)c2cccs2)cc1. The summed E-state index contributed by atoms with van der Waals surface area (Å²) >= 11 is 1.26. The Morgan fingerprint density at radius 2 is 1.95 bits per heavy atom. The molecule has 2 N–H and O–H groups in total. The monoisotopic (exact) mass is 286 g/mol. The summed E-state index contributed by atoms with van der Waals surface area (Å²) in [5, 5.41) is 22.1. The number of nitrogens with zero attached hydrogens (tertiary/aromatic N) is 1. The highest BCUT2D eigenvalue weighted by atomic mass is 32.1. The molecule has 0 radical (unpaired) electrons. The van der Waals surface area contributed by atoms with Gasteiger partial charge in [-0.1, -0.05) is 6.07 Å². The average molecular weight is 286 g/mol. The maximum absolute atomic E-state index is 12.0. The highest BCUT2D eigenvalue weighted by Crippen LogP contribution is 2.19. The molecule has 5 nitrogen and oxygen atoms in total. The van der Waals surface area contributed by atoms with Crippen molar-refractivity contribution in [2.45, 2.75) is 6.04 Å². The van der Waals surface area contributed by atoms with Crippen LogP contribution >= 0.6 is 11.3 Å². The number of hydrogen-bond donors (Lipinski definition) is 2. The molecule has 2 rings (SSSR count). The molecule has 100 valence electrons. The highest BCUT2D eigenvalue weighted by Gasteiger charge is 2.23. The van der Waals surface area contributed by atoms with Crippen LogP contribution in [0, 0.1) is 11.3 Å². The number of thiophene rings is 1. The molecule has 6 heteroatoms. The number of rotatable bonds is 4. The van der Waals surface area contributed by atoms with Crippen LogP contribution in [0.25, 0.3) is 0 Å². The fourth-order valence-electron chi connectivity index (χ4n) is 1.62. The van der Waals surface area contributed by atoms with Crippen molar-refractivity contribution in [3.63, 3.8) is 0 Å². The van der Waals surface area contributed by atoms with Gasteiger partial charge in [0.2, 0.25) is 0 Å². The minimum Gasteiger partial charge on any atom is -0.479 e. The fourth-order valence-corrected chi connectivity index (χ4v) is 2.39. The number of carbonyl (C=O) groups is 2. The van der Waals surface area contributed by atoms with Crippen molar-refractivity contribution < 1.29 is 14.7 Å². The molecule has 20 heavy (non-hydrogen) atoms. The maximum atomic E-state index is 12.0. The first-order valence-corrected chi connectivity index (χ1v) is 6.57. The van der Waals surface area contributed by atoms with Crippen LogP contribution in [0.2, 0.25) is 0 Å². The molecule has 0 aliphatic heterocycles. The number of carboxylic acid groups (broad SMARTS) is 1. The van der Waals surface area contributed by atoms with E-state index in [-0.39, 0.29) is 0 Å². The molecule has 0 aliphatic rings. The molecule has 0 spiro atoms. The van der Waals surface area contributed by atoms with Crippen molar-refractivity contribution in [1.29, 1.82) is 5.26 Å². The Kier molecular flexibility index (Phi) is 4.13. The second-order valence-electron chi connectivity index (χ2n) is 3.95. The van der Waals surface area contributed by atoms with Crippen LogP contribution in [0.5, 0.6) is 0 Å². The zero-order valence-corrected chi connectivity index (χ0v) is 11.1. The summed E-state index contributed by atoms with van der Waals surface area (Å²) in [7, 11) is 0. The summed E-state index contributed by atoms with van der Waals surface area (Å²) in [6.07, 6.45) is 0. The third-order valence-corrected chi connectivity index (χ3v) is 3.56. The summed E-state index contributed by atoms with van der Waals surface area (Å²) in [6, 6.07) is 10.3. The fraction of sp³-hybridized carbons (Fsp3) is 0.0714. The molecule has 0 saturated heterocycles.